The lowest BCUT2D eigenvalue weighted by Gasteiger charge is -2.15. The molecule has 0 saturated carbocycles. The van der Waals surface area contributed by atoms with Crippen molar-refractivity contribution < 1.29 is 24.2 Å². The number of ether oxygens (including phenoxy) is 1. The van der Waals surface area contributed by atoms with E-state index in [0.717, 1.165) is 4.90 Å². The maximum absolute atomic E-state index is 12.1. The molecule has 2 aliphatic rings. The minimum Gasteiger partial charge on any atom is -0.447 e. The van der Waals surface area contributed by atoms with Crippen LogP contribution in [0.25, 0.3) is 0 Å². The molecule has 3 amide bonds. The molecule has 1 aromatic rings. The number of rotatable bonds is 5. The zero-order chi connectivity index (χ0) is 16.4. The maximum atomic E-state index is 12.1. The second-order valence-corrected chi connectivity index (χ2v) is 5.02. The van der Waals surface area contributed by atoms with Gasteiger partial charge in [0.1, 0.15) is 12.3 Å². The normalized spacial score (nSPS) is 17.6. The van der Waals surface area contributed by atoms with E-state index in [1.54, 1.807) is 24.3 Å². The van der Waals surface area contributed by atoms with Gasteiger partial charge in [-0.3, -0.25) is 19.4 Å². The number of aliphatic hydroxyl groups excluding tert-OH is 1. The van der Waals surface area contributed by atoms with Crippen LogP contribution in [0.15, 0.2) is 36.0 Å². The molecule has 1 fully saturated rings. The van der Waals surface area contributed by atoms with Crippen molar-refractivity contribution in [2.45, 2.75) is 0 Å². The number of nitrogens with one attached hydrogen (secondary N) is 1. The fraction of sp³-hybridized carbons (Fsp3) is 0.267. The number of β-amino-alcohol motifs (C(OH)–C–C–N with tert-alkyl or cyclic N) is 1. The molecule has 2 aliphatic heterocycles. The lowest BCUT2D eigenvalue weighted by atomic mass is 10.2. The molecule has 8 heteroatoms. The average Bonchev–Trinajstić information content (AvgIpc) is 3.07. The lowest BCUT2D eigenvalue weighted by molar-refractivity contribution is -0.137. The summed E-state index contributed by atoms with van der Waals surface area (Å²) in [6.45, 7) is 0.474. The van der Waals surface area contributed by atoms with Gasteiger partial charge in [-0.25, -0.2) is 4.79 Å². The minimum absolute atomic E-state index is 0.0427. The van der Waals surface area contributed by atoms with Crippen molar-refractivity contribution >= 4 is 29.3 Å². The average molecular weight is 317 g/mol. The topological polar surface area (TPSA) is 99.2 Å². The fourth-order valence-electron chi connectivity index (χ4n) is 2.44. The number of carbonyl (C=O) groups excluding carboxylic acids is 3. The van der Waals surface area contributed by atoms with Crippen molar-refractivity contribution in [3.05, 3.63) is 36.0 Å². The third-order valence-electron chi connectivity index (χ3n) is 3.53. The van der Waals surface area contributed by atoms with Crippen LogP contribution in [0.4, 0.5) is 16.2 Å². The first-order valence-corrected chi connectivity index (χ1v) is 7.10. The van der Waals surface area contributed by atoms with Gasteiger partial charge < -0.3 is 15.2 Å². The molecular formula is C15H15N3O5. The van der Waals surface area contributed by atoms with E-state index >= 15 is 0 Å². The van der Waals surface area contributed by atoms with Gasteiger partial charge in [-0.2, -0.15) is 0 Å². The van der Waals surface area contributed by atoms with E-state index in [2.05, 4.69) is 5.32 Å². The number of aliphatic hydroxyl groups is 1. The quantitative estimate of drug-likeness (QED) is 0.758. The van der Waals surface area contributed by atoms with Crippen molar-refractivity contribution in [3.8, 4) is 0 Å². The van der Waals surface area contributed by atoms with Gasteiger partial charge in [-0.15, -0.1) is 0 Å². The summed E-state index contributed by atoms with van der Waals surface area (Å²) in [6, 6.07) is 6.90. The van der Waals surface area contributed by atoms with E-state index in [-0.39, 0.29) is 18.8 Å². The summed E-state index contributed by atoms with van der Waals surface area (Å²) in [6.07, 6.45) is 0.775. The van der Waals surface area contributed by atoms with Gasteiger partial charge in [0.25, 0.3) is 11.8 Å². The zero-order valence-corrected chi connectivity index (χ0v) is 12.2. The van der Waals surface area contributed by atoms with E-state index in [0.29, 0.717) is 24.5 Å². The number of nitrogens with zero attached hydrogens (tertiary/aromatic N) is 2. The zero-order valence-electron chi connectivity index (χ0n) is 12.2. The standard InChI is InChI=1S/C15H15N3O5/c19-6-4-18-13(20)9-12(14(18)21)16-10-2-1-3-11(8-10)17-5-7-23-15(17)22/h1-3,8-9,16,19H,4-7H2. The Hall–Kier alpha value is -2.87. The minimum atomic E-state index is -0.491. The number of anilines is 2. The van der Waals surface area contributed by atoms with Gasteiger partial charge in [0, 0.05) is 17.5 Å². The summed E-state index contributed by atoms with van der Waals surface area (Å²) in [5.41, 5.74) is 1.34. The first-order chi connectivity index (χ1) is 11.1. The Balaban J connectivity index is 1.76. The Bertz CT molecular complexity index is 700. The molecule has 0 bridgehead atoms. The number of cyclic esters (lactones) is 1. The van der Waals surface area contributed by atoms with E-state index in [1.165, 1.54) is 11.0 Å². The first-order valence-electron chi connectivity index (χ1n) is 7.10. The van der Waals surface area contributed by atoms with E-state index in [4.69, 9.17) is 9.84 Å². The molecule has 1 saturated heterocycles. The van der Waals surface area contributed by atoms with E-state index in [1.807, 2.05) is 0 Å². The Labute approximate surface area is 131 Å². The number of hydrogen-bond donors (Lipinski definition) is 2. The van der Waals surface area contributed by atoms with Gasteiger partial charge in [0.15, 0.2) is 0 Å². The Morgan fingerprint density at radius 1 is 1.26 bits per heavy atom. The summed E-state index contributed by atoms with van der Waals surface area (Å²) >= 11 is 0. The van der Waals surface area contributed by atoms with Crippen LogP contribution < -0.4 is 10.2 Å². The second-order valence-electron chi connectivity index (χ2n) is 5.02. The molecule has 23 heavy (non-hydrogen) atoms. The van der Waals surface area contributed by atoms with E-state index in [9.17, 15) is 14.4 Å². The number of amides is 3. The van der Waals surface area contributed by atoms with Crippen molar-refractivity contribution in [3.63, 3.8) is 0 Å². The Morgan fingerprint density at radius 2 is 2.09 bits per heavy atom. The van der Waals surface area contributed by atoms with Crippen molar-refractivity contribution in [2.24, 2.45) is 0 Å². The van der Waals surface area contributed by atoms with Crippen LogP contribution in [0.3, 0.4) is 0 Å². The van der Waals surface area contributed by atoms with Crippen LogP contribution in [-0.4, -0.2) is 54.2 Å². The third-order valence-corrected chi connectivity index (χ3v) is 3.53. The van der Waals surface area contributed by atoms with Crippen molar-refractivity contribution in [2.75, 3.05) is 36.5 Å². The third kappa shape index (κ3) is 2.88. The van der Waals surface area contributed by atoms with Gasteiger partial charge in [-0.1, -0.05) is 6.07 Å². The van der Waals surface area contributed by atoms with Crippen molar-refractivity contribution in [1.29, 1.82) is 0 Å². The lowest BCUT2D eigenvalue weighted by Crippen LogP contribution is -2.34. The number of imide groups is 1. The summed E-state index contributed by atoms with van der Waals surface area (Å²) in [5, 5.41) is 11.8. The molecule has 0 unspecified atom stereocenters. The second kappa shape index (κ2) is 6.09. The molecule has 1 aromatic carbocycles. The van der Waals surface area contributed by atoms with Crippen LogP contribution in [0.2, 0.25) is 0 Å². The molecule has 2 N–H and O–H groups in total. The number of hydrogen-bond acceptors (Lipinski definition) is 6. The van der Waals surface area contributed by atoms with Gasteiger partial charge in [0.05, 0.1) is 19.7 Å². The number of carbonyl (C=O) groups is 3. The summed E-state index contributed by atoms with van der Waals surface area (Å²) < 4.78 is 4.89. The molecule has 120 valence electrons. The SMILES string of the molecule is O=C1C=C(Nc2cccc(N3CCOC3=O)c2)C(=O)N1CCO. The highest BCUT2D eigenvalue weighted by Gasteiger charge is 2.31. The largest absolute Gasteiger partial charge is 0.447 e. The van der Waals surface area contributed by atoms with Crippen LogP contribution >= 0.6 is 0 Å². The Kier molecular flexibility index (Phi) is 3.98. The predicted octanol–water partition coefficient (Wildman–Crippen LogP) is 0.300. The molecule has 0 spiro atoms. The maximum Gasteiger partial charge on any atom is 0.414 e. The molecule has 0 radical (unpaired) electrons. The molecule has 0 atom stereocenters. The van der Waals surface area contributed by atoms with Crippen LogP contribution in [-0.2, 0) is 14.3 Å². The van der Waals surface area contributed by atoms with Gasteiger partial charge in [-0.05, 0) is 18.2 Å². The summed E-state index contributed by atoms with van der Waals surface area (Å²) in [7, 11) is 0. The smallest absolute Gasteiger partial charge is 0.414 e. The highest BCUT2D eigenvalue weighted by atomic mass is 16.6. The molecule has 2 heterocycles. The van der Waals surface area contributed by atoms with Gasteiger partial charge in [0.2, 0.25) is 0 Å². The molecule has 0 aliphatic carbocycles. The van der Waals surface area contributed by atoms with Crippen LogP contribution in [0.1, 0.15) is 0 Å². The first kappa shape index (κ1) is 15.0. The monoisotopic (exact) mass is 317 g/mol. The van der Waals surface area contributed by atoms with Crippen molar-refractivity contribution in [1.82, 2.24) is 4.90 Å². The highest BCUT2D eigenvalue weighted by molar-refractivity contribution is 6.17. The fourth-order valence-corrected chi connectivity index (χ4v) is 2.44. The highest BCUT2D eigenvalue weighted by Crippen LogP contribution is 2.24. The van der Waals surface area contributed by atoms with Gasteiger partial charge >= 0.3 is 6.09 Å². The van der Waals surface area contributed by atoms with E-state index < -0.39 is 17.9 Å². The summed E-state index contributed by atoms with van der Waals surface area (Å²) in [4.78, 5) is 37.8. The molecular weight excluding hydrogens is 302 g/mol. The Morgan fingerprint density at radius 3 is 2.78 bits per heavy atom. The molecule has 8 nitrogen and oxygen atoms in total. The number of benzene rings is 1. The predicted molar refractivity (Wildman–Crippen MR) is 80.6 cm³/mol. The van der Waals surface area contributed by atoms with Crippen LogP contribution in [0.5, 0.6) is 0 Å². The summed E-state index contributed by atoms with van der Waals surface area (Å²) in [5.74, 6) is -0.958. The molecule has 3 rings (SSSR count). The van der Waals surface area contributed by atoms with Crippen LogP contribution in [0, 0.1) is 0 Å². The molecule has 0 aromatic heterocycles.